The van der Waals surface area contributed by atoms with Crippen LogP contribution in [0.3, 0.4) is 0 Å². The molecule has 1 unspecified atom stereocenters. The Morgan fingerprint density at radius 1 is 1.14 bits per heavy atom. The SMILES string of the molecule is CCOC(C)C(/C=N/NC(=S)N(C)C)=N\NC(=S)N(C)C.[99Tc]. The Kier molecular flexibility index (Phi) is 13.8. The molecule has 0 rings (SSSR count). The predicted molar refractivity (Wildman–Crippen MR) is 95.9 cm³/mol. The number of rotatable bonds is 6. The van der Waals surface area contributed by atoms with E-state index in [4.69, 9.17) is 29.2 Å². The molecule has 0 aliphatic carbocycles. The van der Waals surface area contributed by atoms with Gasteiger partial charge in [-0.25, -0.2) is 0 Å². The summed E-state index contributed by atoms with van der Waals surface area (Å²) in [6.07, 6.45) is 1.34. The van der Waals surface area contributed by atoms with Crippen LogP contribution < -0.4 is 10.9 Å². The number of hydrazone groups is 2. The third-order valence-electron chi connectivity index (χ3n) is 2.28. The zero-order chi connectivity index (χ0) is 16.4. The first kappa shape index (κ1) is 23.6. The van der Waals surface area contributed by atoms with E-state index in [-0.39, 0.29) is 26.2 Å². The molecule has 2 N–H and O–H groups in total. The van der Waals surface area contributed by atoms with Gasteiger partial charge in [0, 0.05) is 54.9 Å². The van der Waals surface area contributed by atoms with Crippen molar-refractivity contribution in [1.82, 2.24) is 20.7 Å². The summed E-state index contributed by atoms with van der Waals surface area (Å²) in [5.41, 5.74) is 6.13. The van der Waals surface area contributed by atoms with Gasteiger partial charge in [0.15, 0.2) is 10.2 Å². The van der Waals surface area contributed by atoms with Crippen molar-refractivity contribution in [1.29, 1.82) is 0 Å². The van der Waals surface area contributed by atoms with Crippen LogP contribution in [-0.2, 0) is 24.8 Å². The van der Waals surface area contributed by atoms with Gasteiger partial charge in [-0.2, -0.15) is 10.2 Å². The van der Waals surface area contributed by atoms with Gasteiger partial charge >= 0.3 is 0 Å². The molecule has 0 fully saturated rings. The first-order chi connectivity index (χ1) is 9.79. The molecule has 0 aromatic carbocycles. The van der Waals surface area contributed by atoms with Gasteiger partial charge in [-0.05, 0) is 38.3 Å². The molecular weight excluding hydrogens is 407 g/mol. The van der Waals surface area contributed by atoms with Crippen LogP contribution in [0.25, 0.3) is 0 Å². The zero-order valence-corrected chi connectivity index (χ0v) is 17.2. The normalized spacial score (nSPS) is 12.4. The van der Waals surface area contributed by atoms with Gasteiger partial charge in [0.2, 0.25) is 0 Å². The molecule has 1 atom stereocenters. The minimum atomic E-state index is -0.217. The molecule has 7 nitrogen and oxygen atoms in total. The first-order valence-electron chi connectivity index (χ1n) is 6.46. The second kappa shape index (κ2) is 12.8. The van der Waals surface area contributed by atoms with Gasteiger partial charge in [-0.15, -0.1) is 0 Å². The summed E-state index contributed by atoms with van der Waals surface area (Å²) in [6, 6.07) is 0. The molecule has 0 aliphatic rings. The van der Waals surface area contributed by atoms with Crippen LogP contribution in [-0.4, -0.2) is 72.9 Å². The minimum absolute atomic E-state index is 0. The summed E-state index contributed by atoms with van der Waals surface area (Å²) < 4.78 is 5.51. The van der Waals surface area contributed by atoms with Crippen molar-refractivity contribution in [2.24, 2.45) is 10.2 Å². The van der Waals surface area contributed by atoms with Crippen molar-refractivity contribution in [3.63, 3.8) is 0 Å². The molecule has 127 valence electrons. The van der Waals surface area contributed by atoms with E-state index >= 15 is 0 Å². The number of hydrogen-bond acceptors (Lipinski definition) is 5. The fraction of sp³-hybridized carbons (Fsp3) is 0.667. The van der Waals surface area contributed by atoms with Crippen LogP contribution in [0.2, 0.25) is 0 Å². The molecule has 0 saturated heterocycles. The van der Waals surface area contributed by atoms with Gasteiger partial charge in [0.25, 0.3) is 0 Å². The number of hydrogen-bond donors (Lipinski definition) is 2. The Balaban J connectivity index is 0. The Labute approximate surface area is 156 Å². The van der Waals surface area contributed by atoms with Crippen molar-refractivity contribution in [3.05, 3.63) is 0 Å². The topological polar surface area (TPSA) is 64.5 Å². The van der Waals surface area contributed by atoms with E-state index < -0.39 is 0 Å². The third kappa shape index (κ3) is 10.1. The summed E-state index contributed by atoms with van der Waals surface area (Å²) in [5.74, 6) is 0. The molecule has 10 heteroatoms. The summed E-state index contributed by atoms with van der Waals surface area (Å²) in [4.78, 5) is 3.49. The maximum absolute atomic E-state index is 5.51. The Morgan fingerprint density at radius 2 is 1.64 bits per heavy atom. The van der Waals surface area contributed by atoms with Crippen molar-refractivity contribution < 1.29 is 24.8 Å². The number of thiocarbonyl (C=S) groups is 2. The average molecular weight is 431 g/mol. The number of nitrogens with one attached hydrogen (secondary N) is 2. The van der Waals surface area contributed by atoms with E-state index in [1.54, 1.807) is 16.0 Å². The molecule has 0 aliphatic heterocycles. The van der Waals surface area contributed by atoms with E-state index in [0.29, 0.717) is 22.5 Å². The molecule has 22 heavy (non-hydrogen) atoms. The predicted octanol–water partition coefficient (Wildman–Crippen LogP) is 0.623. The fourth-order valence-corrected chi connectivity index (χ4v) is 1.12. The molecule has 0 saturated carbocycles. The smallest absolute Gasteiger partial charge is 0.189 e. The van der Waals surface area contributed by atoms with Gasteiger partial charge in [-0.3, -0.25) is 10.9 Å². The van der Waals surface area contributed by atoms with E-state index in [9.17, 15) is 0 Å². The number of ether oxygens (including phenoxy) is 1. The number of nitrogens with zero attached hydrogens (tertiary/aromatic N) is 4. The van der Waals surface area contributed by atoms with E-state index in [2.05, 4.69) is 21.1 Å². The average Bonchev–Trinajstić information content (AvgIpc) is 2.41. The standard InChI is InChI=1S/C12H24N6OS2.Tc/c1-7-19-9(2)10(14-16-12(21)18(5)6)8-13-15-11(20)17(3)4;/h8-9H,7H2,1-6H3,(H,15,20)(H,16,21);/b13-8+,14-10-;/i;1+1. The van der Waals surface area contributed by atoms with Crippen LogP contribution in [0, 0.1) is 0 Å². The summed E-state index contributed by atoms with van der Waals surface area (Å²) in [6.45, 7) is 4.39. The summed E-state index contributed by atoms with van der Waals surface area (Å²) in [5, 5.41) is 9.28. The van der Waals surface area contributed by atoms with Gasteiger partial charge < -0.3 is 14.5 Å². The van der Waals surface area contributed by atoms with Crippen molar-refractivity contribution >= 4 is 46.6 Å². The van der Waals surface area contributed by atoms with Crippen LogP contribution >= 0.6 is 24.4 Å². The molecule has 0 aromatic heterocycles. The molecule has 1 radical (unpaired) electrons. The summed E-state index contributed by atoms with van der Waals surface area (Å²) >= 11 is 10.2. The van der Waals surface area contributed by atoms with Crippen LogP contribution in [0.15, 0.2) is 10.2 Å². The third-order valence-corrected chi connectivity index (χ3v) is 3.20. The Morgan fingerprint density at radius 3 is 2.09 bits per heavy atom. The van der Waals surface area contributed by atoms with Crippen molar-refractivity contribution in [2.75, 3.05) is 34.8 Å². The zero-order valence-electron chi connectivity index (χ0n) is 13.8. The fourth-order valence-electron chi connectivity index (χ4n) is 1.03. The Hall–Kier alpha value is -0.671. The van der Waals surface area contributed by atoms with Gasteiger partial charge in [-0.1, -0.05) is 0 Å². The minimum Gasteiger partial charge on any atom is -0.372 e. The van der Waals surface area contributed by atoms with E-state index in [1.165, 1.54) is 0 Å². The second-order valence-electron chi connectivity index (χ2n) is 4.52. The summed E-state index contributed by atoms with van der Waals surface area (Å²) in [7, 11) is 7.34. The van der Waals surface area contributed by atoms with Gasteiger partial charge in [0.1, 0.15) is 11.8 Å². The molecule has 0 aromatic rings. The van der Waals surface area contributed by atoms with E-state index in [1.807, 2.05) is 42.0 Å². The molecular formula is C12H24N6OS2Tc. The monoisotopic (exact) mass is 431 g/mol. The molecule has 0 bridgehead atoms. The van der Waals surface area contributed by atoms with Crippen LogP contribution in [0.1, 0.15) is 13.8 Å². The second-order valence-corrected chi connectivity index (χ2v) is 5.29. The van der Waals surface area contributed by atoms with Crippen LogP contribution in [0.5, 0.6) is 0 Å². The van der Waals surface area contributed by atoms with Gasteiger partial charge in [0.05, 0.1) is 6.21 Å². The first-order valence-corrected chi connectivity index (χ1v) is 7.28. The van der Waals surface area contributed by atoms with Crippen molar-refractivity contribution in [2.45, 2.75) is 20.0 Å². The van der Waals surface area contributed by atoms with Crippen LogP contribution in [0.4, 0.5) is 0 Å². The molecule has 0 amide bonds. The largest absolute Gasteiger partial charge is 0.372 e. The Bertz CT molecular complexity index is 414. The molecule has 0 spiro atoms. The van der Waals surface area contributed by atoms with E-state index in [0.717, 1.165) is 0 Å². The molecule has 0 heterocycles. The quantitative estimate of drug-likeness (QED) is 0.363. The van der Waals surface area contributed by atoms with Crippen molar-refractivity contribution in [3.8, 4) is 0 Å². The maximum atomic E-state index is 5.51. The maximum Gasteiger partial charge on any atom is 0.189 e.